The molecule has 0 saturated carbocycles. The molecule has 0 radical (unpaired) electrons. The standard InChI is InChI=1S/C15H13N5O/c1-11-14(18-17-12-6-5-9-16-10-12)15(21)20(19-11)13-7-3-2-4-8-13/h2-10,19H,1H3. The lowest BCUT2D eigenvalue weighted by Crippen LogP contribution is -2.13. The number of azo groups is 1. The van der Waals surface area contributed by atoms with Gasteiger partial charge in [-0.15, -0.1) is 10.2 Å². The largest absolute Gasteiger partial charge is 0.299 e. The quantitative estimate of drug-likeness (QED) is 0.747. The predicted molar refractivity (Wildman–Crippen MR) is 79.5 cm³/mol. The van der Waals surface area contributed by atoms with Crippen molar-refractivity contribution < 1.29 is 0 Å². The molecule has 6 heteroatoms. The molecule has 0 bridgehead atoms. The van der Waals surface area contributed by atoms with Crippen LogP contribution in [0.2, 0.25) is 0 Å². The summed E-state index contributed by atoms with van der Waals surface area (Å²) in [4.78, 5) is 16.3. The Morgan fingerprint density at radius 3 is 2.62 bits per heavy atom. The fourth-order valence-electron chi connectivity index (χ4n) is 1.94. The van der Waals surface area contributed by atoms with Gasteiger partial charge >= 0.3 is 0 Å². The Balaban J connectivity index is 2.00. The molecule has 21 heavy (non-hydrogen) atoms. The number of aryl methyl sites for hydroxylation is 1. The average Bonchev–Trinajstić information content (AvgIpc) is 2.82. The van der Waals surface area contributed by atoms with Crippen LogP contribution in [0.1, 0.15) is 5.69 Å². The highest BCUT2D eigenvalue weighted by Crippen LogP contribution is 2.17. The normalized spacial score (nSPS) is 11.1. The second kappa shape index (κ2) is 5.54. The van der Waals surface area contributed by atoms with E-state index in [-0.39, 0.29) is 5.56 Å². The monoisotopic (exact) mass is 279 g/mol. The third-order valence-corrected chi connectivity index (χ3v) is 2.97. The first-order valence-corrected chi connectivity index (χ1v) is 6.44. The van der Waals surface area contributed by atoms with E-state index in [1.807, 2.05) is 30.3 Å². The predicted octanol–water partition coefficient (Wildman–Crippen LogP) is 3.28. The number of pyridine rings is 1. The van der Waals surface area contributed by atoms with Crippen molar-refractivity contribution >= 4 is 11.4 Å². The van der Waals surface area contributed by atoms with Crippen molar-refractivity contribution in [1.82, 2.24) is 14.8 Å². The lowest BCUT2D eigenvalue weighted by atomic mass is 10.3. The highest BCUT2D eigenvalue weighted by Gasteiger charge is 2.11. The topological polar surface area (TPSA) is 75.4 Å². The highest BCUT2D eigenvalue weighted by atomic mass is 16.1. The Kier molecular flexibility index (Phi) is 3.42. The summed E-state index contributed by atoms with van der Waals surface area (Å²) >= 11 is 0. The number of para-hydroxylation sites is 1. The maximum Gasteiger partial charge on any atom is 0.299 e. The Labute approximate surface area is 120 Å². The van der Waals surface area contributed by atoms with Crippen LogP contribution in [0, 0.1) is 6.92 Å². The molecule has 6 nitrogen and oxygen atoms in total. The number of H-pyrrole nitrogens is 1. The minimum Gasteiger partial charge on any atom is -0.293 e. The third kappa shape index (κ3) is 2.64. The molecule has 0 fully saturated rings. The minimum absolute atomic E-state index is 0.230. The van der Waals surface area contributed by atoms with E-state index in [0.29, 0.717) is 17.1 Å². The number of nitrogens with one attached hydrogen (secondary N) is 1. The van der Waals surface area contributed by atoms with Gasteiger partial charge in [0.25, 0.3) is 5.56 Å². The Morgan fingerprint density at radius 2 is 1.90 bits per heavy atom. The van der Waals surface area contributed by atoms with E-state index >= 15 is 0 Å². The molecule has 1 N–H and O–H groups in total. The lowest BCUT2D eigenvalue weighted by molar-refractivity contribution is 0.835. The van der Waals surface area contributed by atoms with Gasteiger partial charge in [-0.05, 0) is 31.2 Å². The summed E-state index contributed by atoms with van der Waals surface area (Å²) in [5.41, 5.74) is 2.09. The Morgan fingerprint density at radius 1 is 1.10 bits per heavy atom. The van der Waals surface area contributed by atoms with E-state index in [2.05, 4.69) is 20.3 Å². The summed E-state index contributed by atoms with van der Waals surface area (Å²) in [5, 5.41) is 11.1. The van der Waals surface area contributed by atoms with E-state index in [9.17, 15) is 4.79 Å². The van der Waals surface area contributed by atoms with Gasteiger partial charge in [0.15, 0.2) is 5.69 Å². The molecule has 0 aliphatic carbocycles. The summed E-state index contributed by atoms with van der Waals surface area (Å²) in [6, 6.07) is 12.9. The number of hydrogen-bond acceptors (Lipinski definition) is 4. The summed E-state index contributed by atoms with van der Waals surface area (Å²) < 4.78 is 1.45. The molecular weight excluding hydrogens is 266 g/mol. The van der Waals surface area contributed by atoms with Crippen LogP contribution in [-0.4, -0.2) is 14.8 Å². The van der Waals surface area contributed by atoms with E-state index in [1.165, 1.54) is 4.68 Å². The summed E-state index contributed by atoms with van der Waals surface area (Å²) in [5.74, 6) is 0. The van der Waals surface area contributed by atoms with Crippen molar-refractivity contribution in [3.8, 4) is 5.69 Å². The maximum absolute atomic E-state index is 12.4. The Bertz CT molecular complexity index is 818. The number of aromatic nitrogens is 3. The van der Waals surface area contributed by atoms with Crippen LogP contribution < -0.4 is 5.56 Å². The third-order valence-electron chi connectivity index (χ3n) is 2.97. The van der Waals surface area contributed by atoms with Crippen LogP contribution in [0.3, 0.4) is 0 Å². The summed E-state index contributed by atoms with van der Waals surface area (Å²) in [6.07, 6.45) is 3.24. The molecule has 0 spiro atoms. The zero-order valence-electron chi connectivity index (χ0n) is 11.4. The molecule has 1 aromatic carbocycles. The molecule has 0 unspecified atom stereocenters. The van der Waals surface area contributed by atoms with Crippen molar-refractivity contribution in [3.63, 3.8) is 0 Å². The molecule has 0 saturated heterocycles. The average molecular weight is 279 g/mol. The molecule has 3 rings (SSSR count). The van der Waals surface area contributed by atoms with Gasteiger partial charge in [-0.25, -0.2) is 4.68 Å². The molecule has 0 aliphatic heterocycles. The van der Waals surface area contributed by atoms with Crippen molar-refractivity contribution in [2.24, 2.45) is 10.2 Å². The van der Waals surface area contributed by atoms with Gasteiger partial charge in [-0.3, -0.25) is 14.9 Å². The zero-order valence-corrected chi connectivity index (χ0v) is 11.4. The fourth-order valence-corrected chi connectivity index (χ4v) is 1.94. The number of nitrogens with zero attached hydrogens (tertiary/aromatic N) is 4. The first-order valence-electron chi connectivity index (χ1n) is 6.44. The summed E-state index contributed by atoms with van der Waals surface area (Å²) in [6.45, 7) is 1.79. The first kappa shape index (κ1) is 13.0. The second-order valence-electron chi connectivity index (χ2n) is 4.47. The van der Waals surface area contributed by atoms with Gasteiger partial charge in [0, 0.05) is 6.20 Å². The second-order valence-corrected chi connectivity index (χ2v) is 4.47. The zero-order chi connectivity index (χ0) is 14.7. The van der Waals surface area contributed by atoms with Crippen LogP contribution in [0.25, 0.3) is 5.69 Å². The van der Waals surface area contributed by atoms with Gasteiger partial charge in [0.1, 0.15) is 5.69 Å². The SMILES string of the molecule is Cc1[nH]n(-c2ccccc2)c(=O)c1N=Nc1cccnc1. The smallest absolute Gasteiger partial charge is 0.293 e. The Hall–Kier alpha value is -3.02. The number of hydrogen-bond donors (Lipinski definition) is 1. The number of rotatable bonds is 3. The molecule has 3 aromatic rings. The van der Waals surface area contributed by atoms with Gasteiger partial charge in [0.05, 0.1) is 17.6 Å². The van der Waals surface area contributed by atoms with Crippen molar-refractivity contribution in [3.05, 3.63) is 70.9 Å². The van der Waals surface area contributed by atoms with Crippen LogP contribution in [0.4, 0.5) is 11.4 Å². The molecule has 0 aliphatic rings. The van der Waals surface area contributed by atoms with Crippen molar-refractivity contribution in [2.75, 3.05) is 0 Å². The van der Waals surface area contributed by atoms with E-state index in [0.717, 1.165) is 5.69 Å². The van der Waals surface area contributed by atoms with Crippen molar-refractivity contribution in [1.29, 1.82) is 0 Å². The molecule has 2 aromatic heterocycles. The van der Waals surface area contributed by atoms with E-state index < -0.39 is 0 Å². The van der Waals surface area contributed by atoms with Crippen LogP contribution in [0.15, 0.2) is 69.9 Å². The molecular formula is C15H13N5O. The van der Waals surface area contributed by atoms with E-state index in [1.54, 1.807) is 31.5 Å². The highest BCUT2D eigenvalue weighted by molar-refractivity contribution is 5.43. The summed E-state index contributed by atoms with van der Waals surface area (Å²) in [7, 11) is 0. The molecule has 0 amide bonds. The number of benzene rings is 1. The lowest BCUT2D eigenvalue weighted by Gasteiger charge is -1.99. The molecule has 0 atom stereocenters. The minimum atomic E-state index is -0.230. The van der Waals surface area contributed by atoms with Gasteiger partial charge < -0.3 is 0 Å². The fraction of sp³-hybridized carbons (Fsp3) is 0.0667. The maximum atomic E-state index is 12.4. The van der Waals surface area contributed by atoms with Crippen LogP contribution in [0.5, 0.6) is 0 Å². The number of aromatic amines is 1. The van der Waals surface area contributed by atoms with Crippen molar-refractivity contribution in [2.45, 2.75) is 6.92 Å². The molecule has 2 heterocycles. The van der Waals surface area contributed by atoms with Gasteiger partial charge in [-0.1, -0.05) is 18.2 Å². The van der Waals surface area contributed by atoms with Gasteiger partial charge in [0.2, 0.25) is 0 Å². The molecule has 104 valence electrons. The van der Waals surface area contributed by atoms with Crippen LogP contribution in [-0.2, 0) is 0 Å². The van der Waals surface area contributed by atoms with E-state index in [4.69, 9.17) is 0 Å². The first-order chi connectivity index (χ1) is 10.3. The van der Waals surface area contributed by atoms with Crippen LogP contribution >= 0.6 is 0 Å². The van der Waals surface area contributed by atoms with Gasteiger partial charge in [-0.2, -0.15) is 0 Å².